The average molecular weight is 430 g/mol. The molecule has 1 fully saturated rings. The van der Waals surface area contributed by atoms with Crippen LogP contribution < -0.4 is 11.1 Å². The lowest BCUT2D eigenvalue weighted by molar-refractivity contribution is -0.123. The van der Waals surface area contributed by atoms with Gasteiger partial charge in [0.25, 0.3) is 5.91 Å². The Morgan fingerprint density at radius 1 is 1.07 bits per heavy atom. The van der Waals surface area contributed by atoms with Crippen LogP contribution >= 0.6 is 15.9 Å². The Bertz CT molecular complexity index is 799. The number of carbonyl (C=O) groups excluding carboxylic acids is 2. The maximum Gasteiger partial charge on any atom is 0.256 e. The predicted octanol–water partition coefficient (Wildman–Crippen LogP) is 3.44. The van der Waals surface area contributed by atoms with Gasteiger partial charge in [-0.25, -0.2) is 0 Å². The van der Waals surface area contributed by atoms with Gasteiger partial charge >= 0.3 is 0 Å². The highest BCUT2D eigenvalue weighted by atomic mass is 79.9. The van der Waals surface area contributed by atoms with E-state index >= 15 is 0 Å². The Morgan fingerprint density at radius 3 is 2.37 bits per heavy atom. The van der Waals surface area contributed by atoms with Crippen molar-refractivity contribution in [3.05, 3.63) is 64.1 Å². The number of hydrogen-bond donors (Lipinski definition) is 2. The van der Waals surface area contributed by atoms with E-state index in [1.165, 1.54) is 5.56 Å². The van der Waals surface area contributed by atoms with Crippen LogP contribution in [0.4, 0.5) is 5.69 Å². The third-order valence-electron chi connectivity index (χ3n) is 5.04. The first kappa shape index (κ1) is 19.6. The Hall–Kier alpha value is -2.18. The second kappa shape index (κ2) is 9.15. The van der Waals surface area contributed by atoms with Crippen molar-refractivity contribution in [1.82, 2.24) is 4.90 Å². The average Bonchev–Trinajstić information content (AvgIpc) is 2.68. The molecule has 2 aromatic rings. The number of likely N-dealkylation sites (tertiary alicyclic amines) is 1. The molecule has 1 saturated heterocycles. The van der Waals surface area contributed by atoms with Crippen LogP contribution in [0.25, 0.3) is 0 Å². The highest BCUT2D eigenvalue weighted by molar-refractivity contribution is 9.10. The van der Waals surface area contributed by atoms with Crippen molar-refractivity contribution in [3.8, 4) is 0 Å². The molecule has 142 valence electrons. The number of carbonyl (C=O) groups is 2. The lowest BCUT2D eigenvalue weighted by Crippen LogP contribution is -2.39. The van der Waals surface area contributed by atoms with Gasteiger partial charge in [-0.1, -0.05) is 24.3 Å². The number of nitrogens with one attached hydrogen (secondary N) is 1. The zero-order chi connectivity index (χ0) is 19.2. The van der Waals surface area contributed by atoms with Crippen molar-refractivity contribution in [2.45, 2.75) is 19.3 Å². The van der Waals surface area contributed by atoms with E-state index in [9.17, 15) is 9.59 Å². The molecule has 0 spiro atoms. The van der Waals surface area contributed by atoms with E-state index in [1.54, 1.807) is 6.07 Å². The van der Waals surface area contributed by atoms with Crippen LogP contribution in [0, 0.1) is 5.92 Å². The highest BCUT2D eigenvalue weighted by Crippen LogP contribution is 2.19. The number of anilines is 1. The minimum absolute atomic E-state index is 0.0359. The fourth-order valence-corrected chi connectivity index (χ4v) is 3.79. The smallest absolute Gasteiger partial charge is 0.256 e. The lowest BCUT2D eigenvalue weighted by Gasteiger charge is -2.30. The van der Waals surface area contributed by atoms with Gasteiger partial charge in [-0.15, -0.1) is 0 Å². The number of rotatable bonds is 6. The largest absolute Gasteiger partial charge is 0.369 e. The minimum atomic E-state index is -0.171. The summed E-state index contributed by atoms with van der Waals surface area (Å²) in [5.41, 5.74) is 8.00. The fraction of sp³-hybridized carbons (Fsp3) is 0.333. The summed E-state index contributed by atoms with van der Waals surface area (Å²) in [6.07, 6.45) is 2.66. The van der Waals surface area contributed by atoms with Crippen molar-refractivity contribution in [2.24, 2.45) is 11.7 Å². The molecule has 2 aromatic carbocycles. The number of piperidine rings is 1. The third-order valence-corrected chi connectivity index (χ3v) is 5.73. The molecule has 0 atom stereocenters. The number of amides is 2. The number of nitrogens with two attached hydrogens (primary N) is 1. The van der Waals surface area contributed by atoms with Crippen LogP contribution in [0.2, 0.25) is 0 Å². The topological polar surface area (TPSA) is 75.4 Å². The van der Waals surface area contributed by atoms with Crippen molar-refractivity contribution in [2.75, 3.05) is 25.0 Å². The molecule has 0 aliphatic carbocycles. The summed E-state index contributed by atoms with van der Waals surface area (Å²) in [6, 6.07) is 15.3. The van der Waals surface area contributed by atoms with E-state index in [-0.39, 0.29) is 17.7 Å². The summed E-state index contributed by atoms with van der Waals surface area (Å²) in [7, 11) is 0. The van der Waals surface area contributed by atoms with Crippen molar-refractivity contribution < 1.29 is 9.59 Å². The van der Waals surface area contributed by atoms with Crippen molar-refractivity contribution in [1.29, 1.82) is 0 Å². The molecular formula is C21H24BrN3O2. The predicted molar refractivity (Wildman–Crippen MR) is 111 cm³/mol. The maximum absolute atomic E-state index is 12.3. The number of nitrogens with zero attached hydrogens (tertiary/aromatic N) is 1. The number of primary amides is 1. The molecule has 0 radical (unpaired) electrons. The van der Waals surface area contributed by atoms with E-state index in [1.807, 2.05) is 42.5 Å². The summed E-state index contributed by atoms with van der Waals surface area (Å²) >= 11 is 3.40. The van der Waals surface area contributed by atoms with Gasteiger partial charge in [0.05, 0.1) is 5.56 Å². The molecule has 6 heteroatoms. The van der Waals surface area contributed by atoms with Crippen molar-refractivity contribution in [3.63, 3.8) is 0 Å². The first-order valence-electron chi connectivity index (χ1n) is 9.19. The van der Waals surface area contributed by atoms with E-state index in [0.29, 0.717) is 5.56 Å². The number of hydrogen-bond acceptors (Lipinski definition) is 3. The van der Waals surface area contributed by atoms with Crippen LogP contribution in [-0.2, 0) is 11.2 Å². The summed E-state index contributed by atoms with van der Waals surface area (Å²) in [5.74, 6) is -0.267. The summed E-state index contributed by atoms with van der Waals surface area (Å²) in [5, 5.41) is 2.92. The van der Waals surface area contributed by atoms with Gasteiger partial charge in [-0.2, -0.15) is 0 Å². The van der Waals surface area contributed by atoms with E-state index < -0.39 is 0 Å². The summed E-state index contributed by atoms with van der Waals surface area (Å²) in [4.78, 5) is 26.0. The Balaban J connectivity index is 1.48. The maximum atomic E-state index is 12.3. The monoisotopic (exact) mass is 429 g/mol. The number of halogens is 1. The zero-order valence-electron chi connectivity index (χ0n) is 15.2. The molecule has 27 heavy (non-hydrogen) atoms. The molecule has 5 nitrogen and oxygen atoms in total. The zero-order valence-corrected chi connectivity index (χ0v) is 16.7. The van der Waals surface area contributed by atoms with Crippen LogP contribution in [0.15, 0.2) is 53.0 Å². The molecule has 2 amide bonds. The van der Waals surface area contributed by atoms with Crippen LogP contribution in [0.3, 0.4) is 0 Å². The van der Waals surface area contributed by atoms with E-state index in [2.05, 4.69) is 26.1 Å². The van der Waals surface area contributed by atoms with E-state index in [4.69, 9.17) is 5.73 Å². The molecule has 3 rings (SSSR count). The molecule has 1 aliphatic heterocycles. The van der Waals surface area contributed by atoms with Crippen molar-refractivity contribution >= 4 is 33.4 Å². The van der Waals surface area contributed by atoms with Crippen LogP contribution in [0.5, 0.6) is 0 Å². The van der Waals surface area contributed by atoms with Gasteiger partial charge in [0.15, 0.2) is 0 Å². The third kappa shape index (κ3) is 5.40. The summed E-state index contributed by atoms with van der Waals surface area (Å²) < 4.78 is 0.777. The highest BCUT2D eigenvalue weighted by Gasteiger charge is 2.22. The quantitative estimate of drug-likeness (QED) is 0.738. The normalized spacial score (nSPS) is 15.4. The Morgan fingerprint density at radius 2 is 1.74 bits per heavy atom. The first-order valence-corrected chi connectivity index (χ1v) is 9.99. The van der Waals surface area contributed by atoms with Crippen LogP contribution in [0.1, 0.15) is 28.8 Å². The van der Waals surface area contributed by atoms with Gasteiger partial charge in [0.2, 0.25) is 5.91 Å². The van der Waals surface area contributed by atoms with Gasteiger partial charge in [0, 0.05) is 22.6 Å². The Labute approximate surface area is 168 Å². The SMILES string of the molecule is NC(=O)C1CCN(CCc2ccc(NC(=O)c3ccccc3Br)cc2)CC1. The van der Waals surface area contributed by atoms with Crippen LogP contribution in [-0.4, -0.2) is 36.3 Å². The molecule has 0 saturated carbocycles. The molecule has 3 N–H and O–H groups in total. The molecule has 0 unspecified atom stereocenters. The lowest BCUT2D eigenvalue weighted by atomic mass is 9.96. The molecule has 0 bridgehead atoms. The van der Waals surface area contributed by atoms with Gasteiger partial charge < -0.3 is 16.0 Å². The second-order valence-electron chi connectivity index (χ2n) is 6.90. The standard InChI is InChI=1S/C21H24BrN3O2/c22-19-4-2-1-3-18(19)21(27)24-17-7-5-15(6-8-17)9-12-25-13-10-16(11-14-25)20(23)26/h1-8,16H,9-14H2,(H2,23,26)(H,24,27). The molecule has 1 heterocycles. The summed E-state index contributed by atoms with van der Waals surface area (Å²) in [6.45, 7) is 2.82. The molecule has 1 aliphatic rings. The first-order chi connectivity index (χ1) is 13.0. The van der Waals surface area contributed by atoms with E-state index in [0.717, 1.165) is 49.1 Å². The molecule has 0 aromatic heterocycles. The molecular weight excluding hydrogens is 406 g/mol. The minimum Gasteiger partial charge on any atom is -0.369 e. The van der Waals surface area contributed by atoms with Gasteiger partial charge in [-0.05, 0) is 78.1 Å². The second-order valence-corrected chi connectivity index (χ2v) is 7.75. The Kier molecular flexibility index (Phi) is 6.63. The van der Waals surface area contributed by atoms with Gasteiger partial charge in [0.1, 0.15) is 0 Å². The number of benzene rings is 2. The fourth-order valence-electron chi connectivity index (χ4n) is 3.33. The van der Waals surface area contributed by atoms with Gasteiger partial charge in [-0.3, -0.25) is 9.59 Å².